The van der Waals surface area contributed by atoms with Crippen molar-refractivity contribution in [3.63, 3.8) is 0 Å². The molecule has 0 aliphatic carbocycles. The molecular weight excluding hydrogens is 388 g/mol. The molecule has 3 aromatic carbocycles. The molecule has 31 heavy (non-hydrogen) atoms. The Labute approximate surface area is 183 Å². The molecule has 0 unspecified atom stereocenters. The lowest BCUT2D eigenvalue weighted by atomic mass is 9.93. The minimum Gasteiger partial charge on any atom is -0.457 e. The highest BCUT2D eigenvalue weighted by molar-refractivity contribution is 6.10. The van der Waals surface area contributed by atoms with Crippen molar-refractivity contribution in [3.05, 3.63) is 95.1 Å². The first-order valence-corrected chi connectivity index (χ1v) is 10.1. The fourth-order valence-electron chi connectivity index (χ4n) is 3.07. The lowest BCUT2D eigenvalue weighted by Gasteiger charge is -2.19. The number of hydrogen-bond donors (Lipinski definition) is 2. The summed E-state index contributed by atoms with van der Waals surface area (Å²) in [6.45, 7) is 7.21. The monoisotopic (exact) mass is 416 g/mol. The van der Waals surface area contributed by atoms with Crippen molar-refractivity contribution in [2.75, 3.05) is 0 Å². The number of ketones is 2. The van der Waals surface area contributed by atoms with Gasteiger partial charge in [-0.15, -0.1) is 0 Å². The molecule has 0 saturated carbocycles. The predicted octanol–water partition coefficient (Wildman–Crippen LogP) is 4.82. The lowest BCUT2D eigenvalue weighted by molar-refractivity contribution is 0.0912. The highest BCUT2D eigenvalue weighted by Gasteiger charge is 2.23. The molecule has 4 N–H and O–H groups in total. The molecule has 5 heteroatoms. The summed E-state index contributed by atoms with van der Waals surface area (Å²) in [6.07, 6.45) is 0. The molecule has 3 aromatic rings. The van der Waals surface area contributed by atoms with Gasteiger partial charge in [0.2, 0.25) is 0 Å². The van der Waals surface area contributed by atoms with Crippen molar-refractivity contribution in [1.82, 2.24) is 0 Å². The summed E-state index contributed by atoms with van der Waals surface area (Å²) in [7, 11) is 0. The van der Waals surface area contributed by atoms with Crippen molar-refractivity contribution in [3.8, 4) is 11.5 Å². The maximum atomic E-state index is 12.8. The lowest BCUT2D eigenvalue weighted by Crippen LogP contribution is -2.41. The van der Waals surface area contributed by atoms with Crippen LogP contribution in [0.4, 0.5) is 0 Å². The summed E-state index contributed by atoms with van der Waals surface area (Å²) in [4.78, 5) is 25.0. The molecule has 3 rings (SSSR count). The van der Waals surface area contributed by atoms with E-state index in [2.05, 4.69) is 0 Å². The maximum absolute atomic E-state index is 12.8. The first kappa shape index (κ1) is 22.4. The molecule has 0 fully saturated rings. The molecule has 0 amide bonds. The zero-order valence-corrected chi connectivity index (χ0v) is 18.3. The van der Waals surface area contributed by atoms with Crippen LogP contribution in [-0.2, 0) is 5.54 Å². The molecule has 0 aromatic heterocycles. The number of nitrogens with two attached hydrogens (primary N) is 2. The predicted molar refractivity (Wildman–Crippen MR) is 123 cm³/mol. The molecule has 160 valence electrons. The van der Waals surface area contributed by atoms with Crippen LogP contribution >= 0.6 is 0 Å². The number of benzene rings is 3. The van der Waals surface area contributed by atoms with Crippen molar-refractivity contribution in [1.29, 1.82) is 0 Å². The molecule has 0 heterocycles. The Morgan fingerprint density at radius 3 is 1.45 bits per heavy atom. The normalized spacial score (nSPS) is 11.8. The Hall–Kier alpha value is -3.28. The number of rotatable bonds is 7. The van der Waals surface area contributed by atoms with Crippen LogP contribution in [0.5, 0.6) is 11.5 Å². The van der Waals surface area contributed by atoms with Gasteiger partial charge in [0.1, 0.15) is 11.5 Å². The van der Waals surface area contributed by atoms with Crippen LogP contribution < -0.4 is 16.2 Å². The van der Waals surface area contributed by atoms with Gasteiger partial charge in [-0.25, -0.2) is 0 Å². The third-order valence-corrected chi connectivity index (χ3v) is 4.95. The van der Waals surface area contributed by atoms with Gasteiger partial charge < -0.3 is 16.2 Å². The molecule has 0 spiro atoms. The summed E-state index contributed by atoms with van der Waals surface area (Å²) in [5.74, 6) is 1.01. The van der Waals surface area contributed by atoms with E-state index >= 15 is 0 Å². The third-order valence-electron chi connectivity index (χ3n) is 4.95. The number of carbonyl (C=O) groups excluding carboxylic acids is 2. The van der Waals surface area contributed by atoms with Crippen molar-refractivity contribution in [2.24, 2.45) is 11.5 Å². The molecule has 0 atom stereocenters. The van der Waals surface area contributed by atoms with E-state index in [1.54, 1.807) is 62.4 Å². The van der Waals surface area contributed by atoms with Gasteiger partial charge in [-0.2, -0.15) is 0 Å². The van der Waals surface area contributed by atoms with Crippen LogP contribution in [0, 0.1) is 0 Å². The van der Waals surface area contributed by atoms with Gasteiger partial charge in [0, 0.05) is 22.2 Å². The van der Waals surface area contributed by atoms with Crippen LogP contribution in [0.3, 0.4) is 0 Å². The largest absolute Gasteiger partial charge is 0.457 e. The first-order chi connectivity index (χ1) is 14.4. The second-order valence-electron chi connectivity index (χ2n) is 8.83. The highest BCUT2D eigenvalue weighted by atomic mass is 16.5. The zero-order valence-electron chi connectivity index (χ0n) is 18.3. The Bertz CT molecular complexity index is 1070. The maximum Gasteiger partial charge on any atom is 0.193 e. The van der Waals surface area contributed by atoms with E-state index in [1.165, 1.54) is 0 Å². The first-order valence-electron chi connectivity index (χ1n) is 10.1. The van der Waals surface area contributed by atoms with Crippen molar-refractivity contribution in [2.45, 2.75) is 38.8 Å². The fraction of sp³-hybridized carbons (Fsp3) is 0.231. The highest BCUT2D eigenvalue weighted by Crippen LogP contribution is 2.25. The minimum atomic E-state index is -0.956. The molecule has 0 bridgehead atoms. The average Bonchev–Trinajstić information content (AvgIpc) is 2.72. The summed E-state index contributed by atoms with van der Waals surface area (Å²) in [6, 6.07) is 21.1. The van der Waals surface area contributed by atoms with Gasteiger partial charge in [0.05, 0.1) is 5.54 Å². The van der Waals surface area contributed by atoms with Gasteiger partial charge in [0.25, 0.3) is 0 Å². The van der Waals surface area contributed by atoms with E-state index in [4.69, 9.17) is 16.2 Å². The molecule has 0 aliphatic heterocycles. The quantitative estimate of drug-likeness (QED) is 0.538. The van der Waals surface area contributed by atoms with Gasteiger partial charge in [-0.05, 0) is 69.7 Å². The van der Waals surface area contributed by atoms with E-state index in [9.17, 15) is 9.59 Å². The molecule has 0 saturated heterocycles. The number of carbonyl (C=O) groups is 2. The molecule has 0 aliphatic rings. The van der Waals surface area contributed by atoms with E-state index in [0.29, 0.717) is 28.2 Å². The van der Waals surface area contributed by atoms with Crippen LogP contribution in [0.15, 0.2) is 72.8 Å². The van der Waals surface area contributed by atoms with Crippen LogP contribution in [0.25, 0.3) is 0 Å². The second-order valence-corrected chi connectivity index (χ2v) is 8.83. The zero-order chi connectivity index (χ0) is 22.8. The smallest absolute Gasteiger partial charge is 0.193 e. The summed E-state index contributed by atoms with van der Waals surface area (Å²) < 4.78 is 5.86. The number of Topliss-reactive ketones (excluding diaryl/α,β-unsaturated/α-hetero) is 1. The summed E-state index contributed by atoms with van der Waals surface area (Å²) in [5.41, 5.74) is 13.1. The van der Waals surface area contributed by atoms with Crippen molar-refractivity contribution < 1.29 is 14.3 Å². The number of hydrogen-bond acceptors (Lipinski definition) is 5. The Morgan fingerprint density at radius 1 is 0.645 bits per heavy atom. The van der Waals surface area contributed by atoms with Gasteiger partial charge in [-0.3, -0.25) is 9.59 Å². The number of ether oxygens (including phenoxy) is 1. The van der Waals surface area contributed by atoms with Crippen LogP contribution in [-0.4, -0.2) is 17.1 Å². The van der Waals surface area contributed by atoms with Crippen LogP contribution in [0.1, 0.15) is 59.5 Å². The topological polar surface area (TPSA) is 95.4 Å². The van der Waals surface area contributed by atoms with Gasteiger partial charge in [-0.1, -0.05) is 36.4 Å². The van der Waals surface area contributed by atoms with Gasteiger partial charge in [0.15, 0.2) is 11.6 Å². The summed E-state index contributed by atoms with van der Waals surface area (Å²) >= 11 is 0. The third kappa shape index (κ3) is 5.45. The fourth-order valence-corrected chi connectivity index (χ4v) is 3.07. The van der Waals surface area contributed by atoms with Gasteiger partial charge >= 0.3 is 0 Å². The van der Waals surface area contributed by atoms with E-state index in [1.807, 2.05) is 38.1 Å². The van der Waals surface area contributed by atoms with Crippen molar-refractivity contribution >= 4 is 11.6 Å². The molecular formula is C26H28N2O3. The molecule has 5 nitrogen and oxygen atoms in total. The SMILES string of the molecule is CC(C)(N)C(=O)c1ccc(C(=O)c2ccc(Oc3ccc(C(C)(C)N)cc3)cc2)cc1. The van der Waals surface area contributed by atoms with E-state index < -0.39 is 11.1 Å². The minimum absolute atomic E-state index is 0.132. The van der Waals surface area contributed by atoms with Crippen LogP contribution in [0.2, 0.25) is 0 Å². The standard InChI is InChI=1S/C26H28N2O3/c1-25(2,27)20-11-15-22(16-12-20)31-21-13-9-18(10-14-21)23(29)17-5-7-19(8-6-17)24(30)26(3,4)28/h5-16H,27-28H2,1-4H3. The Balaban J connectivity index is 1.69. The van der Waals surface area contributed by atoms with E-state index in [-0.39, 0.29) is 11.6 Å². The Kier molecular flexibility index (Phi) is 6.11. The van der Waals surface area contributed by atoms with E-state index in [0.717, 1.165) is 5.56 Å². The Morgan fingerprint density at radius 2 is 1.03 bits per heavy atom. The molecule has 0 radical (unpaired) electrons. The summed E-state index contributed by atoms with van der Waals surface area (Å²) in [5, 5.41) is 0. The average molecular weight is 417 g/mol. The second kappa shape index (κ2) is 8.46.